The van der Waals surface area contributed by atoms with Crippen LogP contribution in [0.15, 0.2) is 24.3 Å². The van der Waals surface area contributed by atoms with Crippen molar-refractivity contribution in [2.45, 2.75) is 289 Å². The van der Waals surface area contributed by atoms with E-state index >= 15 is 0 Å². The molecule has 0 rings (SSSR count). The monoisotopic (exact) mass is 818 g/mol. The number of carbonyl (C=O) groups is 2. The average Bonchev–Trinajstić information content (AvgIpc) is 3.22. The molecular weight excluding hydrogens is 719 g/mol. The Morgan fingerprint density at radius 2 is 0.879 bits per heavy atom. The van der Waals surface area contributed by atoms with Gasteiger partial charge in [0.25, 0.3) is 0 Å². The number of allylic oxidation sites excluding steroid dienone is 4. The summed E-state index contributed by atoms with van der Waals surface area (Å²) in [5.74, 6) is -0.470. The van der Waals surface area contributed by atoms with Gasteiger partial charge in [0.05, 0.1) is 25.2 Å². The van der Waals surface area contributed by atoms with Crippen LogP contribution >= 0.6 is 0 Å². The highest BCUT2D eigenvalue weighted by Gasteiger charge is 2.24. The molecule has 0 saturated carbocycles. The Morgan fingerprint density at radius 3 is 1.34 bits per heavy atom. The first-order valence-corrected chi connectivity index (χ1v) is 25.6. The summed E-state index contributed by atoms with van der Waals surface area (Å²) in [5.41, 5.74) is 0. The summed E-state index contributed by atoms with van der Waals surface area (Å²) in [7, 11) is 0. The van der Waals surface area contributed by atoms with Crippen LogP contribution in [0.1, 0.15) is 271 Å². The third-order valence-electron chi connectivity index (χ3n) is 11.8. The number of aliphatic hydroxyl groups is 2. The van der Waals surface area contributed by atoms with E-state index in [1.165, 1.54) is 173 Å². The number of hydrogen-bond donors (Lipinski definition) is 3. The first-order chi connectivity index (χ1) is 28.5. The Morgan fingerprint density at radius 1 is 0.500 bits per heavy atom. The lowest BCUT2D eigenvalue weighted by Crippen LogP contribution is -2.46. The third kappa shape index (κ3) is 41.1. The summed E-state index contributed by atoms with van der Waals surface area (Å²) in [4.78, 5) is 26.0. The van der Waals surface area contributed by atoms with Gasteiger partial charge < -0.3 is 20.3 Å². The molecule has 0 radical (unpaired) electrons. The van der Waals surface area contributed by atoms with Gasteiger partial charge in [-0.05, 0) is 57.8 Å². The second-order valence-electron chi connectivity index (χ2n) is 17.6. The number of hydrogen-bond acceptors (Lipinski definition) is 5. The lowest BCUT2D eigenvalue weighted by atomic mass is 10.0. The Balaban J connectivity index is 4.37. The smallest absolute Gasteiger partial charge is 0.306 e. The van der Waals surface area contributed by atoms with Gasteiger partial charge in [0, 0.05) is 6.42 Å². The zero-order valence-corrected chi connectivity index (χ0v) is 38.9. The average molecular weight is 818 g/mol. The van der Waals surface area contributed by atoms with Gasteiger partial charge in [0.2, 0.25) is 5.91 Å². The molecule has 0 saturated heterocycles. The van der Waals surface area contributed by atoms with Gasteiger partial charge in [0.15, 0.2) is 0 Å². The van der Waals surface area contributed by atoms with Crippen LogP contribution in [-0.2, 0) is 14.3 Å². The quantitative estimate of drug-likeness (QED) is 0.0323. The molecule has 0 aliphatic rings. The molecule has 0 fully saturated rings. The van der Waals surface area contributed by atoms with Crippen LogP contribution in [0.25, 0.3) is 0 Å². The standard InChI is InChI=1S/C52H99NO5/c1-4-7-10-13-16-19-21-23-24-25-26-27-28-29-31-33-36-39-42-45-52(57)58-48(43-40-37-34-18-15-12-9-6-3)46-51(56)53-49(47-54)50(55)44-41-38-35-32-30-22-20-17-14-11-8-5-2/h16,19,23-24,48-50,54-55H,4-15,17-18,20-22,25-47H2,1-3H3,(H,53,56)/b19-16-,24-23-. The van der Waals surface area contributed by atoms with Crippen molar-refractivity contribution in [3.05, 3.63) is 24.3 Å². The van der Waals surface area contributed by atoms with E-state index < -0.39 is 18.2 Å². The molecule has 1 amide bonds. The highest BCUT2D eigenvalue weighted by molar-refractivity contribution is 5.77. The van der Waals surface area contributed by atoms with Crippen molar-refractivity contribution < 1.29 is 24.5 Å². The topological polar surface area (TPSA) is 95.9 Å². The largest absolute Gasteiger partial charge is 0.462 e. The van der Waals surface area contributed by atoms with Gasteiger partial charge in [-0.1, -0.05) is 225 Å². The summed E-state index contributed by atoms with van der Waals surface area (Å²) in [6.45, 7) is 6.44. The van der Waals surface area contributed by atoms with Gasteiger partial charge in [0.1, 0.15) is 6.10 Å². The molecule has 0 heterocycles. The summed E-state index contributed by atoms with van der Waals surface area (Å²) in [6, 6.07) is -0.695. The van der Waals surface area contributed by atoms with Crippen LogP contribution in [0.2, 0.25) is 0 Å². The van der Waals surface area contributed by atoms with Crippen LogP contribution < -0.4 is 5.32 Å². The van der Waals surface area contributed by atoms with Crippen LogP contribution in [-0.4, -0.2) is 46.9 Å². The van der Waals surface area contributed by atoms with Crippen LogP contribution in [0.3, 0.4) is 0 Å². The Bertz CT molecular complexity index is 919. The molecule has 0 aromatic heterocycles. The lowest BCUT2D eigenvalue weighted by molar-refractivity contribution is -0.151. The zero-order chi connectivity index (χ0) is 42.4. The maximum Gasteiger partial charge on any atom is 0.306 e. The highest BCUT2D eigenvalue weighted by atomic mass is 16.5. The van der Waals surface area contributed by atoms with Crippen molar-refractivity contribution in [2.75, 3.05) is 6.61 Å². The normalized spacial score (nSPS) is 13.4. The first kappa shape index (κ1) is 56.3. The van der Waals surface area contributed by atoms with Crippen molar-refractivity contribution in [1.29, 1.82) is 0 Å². The summed E-state index contributed by atoms with van der Waals surface area (Å²) in [5, 5.41) is 23.7. The molecule has 58 heavy (non-hydrogen) atoms. The number of nitrogens with one attached hydrogen (secondary N) is 1. The molecule has 0 spiro atoms. The molecule has 6 heteroatoms. The van der Waals surface area contributed by atoms with E-state index in [2.05, 4.69) is 50.4 Å². The SMILES string of the molecule is CCCCC/C=C\C/C=C\CCCCCCCCCCCC(=O)OC(CCCCCCCCCC)CC(=O)NC(CO)C(O)CCCCCCCCCCCCCC. The maximum atomic E-state index is 13.1. The number of unbranched alkanes of at least 4 members (excludes halogenated alkanes) is 30. The van der Waals surface area contributed by atoms with E-state index in [-0.39, 0.29) is 24.9 Å². The second-order valence-corrected chi connectivity index (χ2v) is 17.6. The fraction of sp³-hybridized carbons (Fsp3) is 0.885. The van der Waals surface area contributed by atoms with Crippen molar-refractivity contribution in [1.82, 2.24) is 5.32 Å². The minimum atomic E-state index is -0.782. The van der Waals surface area contributed by atoms with Crippen molar-refractivity contribution in [3.63, 3.8) is 0 Å². The van der Waals surface area contributed by atoms with E-state index in [1.54, 1.807) is 0 Å². The fourth-order valence-electron chi connectivity index (χ4n) is 7.87. The molecule has 342 valence electrons. The fourth-order valence-corrected chi connectivity index (χ4v) is 7.87. The molecule has 6 nitrogen and oxygen atoms in total. The zero-order valence-electron chi connectivity index (χ0n) is 38.9. The molecule has 0 aromatic carbocycles. The molecule has 3 atom stereocenters. The molecule has 0 aliphatic heterocycles. The highest BCUT2D eigenvalue weighted by Crippen LogP contribution is 2.18. The van der Waals surface area contributed by atoms with Crippen LogP contribution in [0.4, 0.5) is 0 Å². The van der Waals surface area contributed by atoms with E-state index in [0.717, 1.165) is 51.4 Å². The third-order valence-corrected chi connectivity index (χ3v) is 11.8. The molecule has 0 bridgehead atoms. The lowest BCUT2D eigenvalue weighted by Gasteiger charge is -2.24. The van der Waals surface area contributed by atoms with Crippen LogP contribution in [0.5, 0.6) is 0 Å². The minimum Gasteiger partial charge on any atom is -0.462 e. The number of esters is 1. The first-order valence-electron chi connectivity index (χ1n) is 25.6. The van der Waals surface area contributed by atoms with Crippen molar-refractivity contribution in [2.24, 2.45) is 0 Å². The molecule has 3 unspecified atom stereocenters. The van der Waals surface area contributed by atoms with E-state index in [1.807, 2.05) is 0 Å². The molecule has 0 aromatic rings. The van der Waals surface area contributed by atoms with Gasteiger partial charge in [-0.25, -0.2) is 0 Å². The minimum absolute atomic E-state index is 0.0802. The van der Waals surface area contributed by atoms with Crippen LogP contribution in [0, 0.1) is 0 Å². The van der Waals surface area contributed by atoms with Gasteiger partial charge in [-0.15, -0.1) is 0 Å². The van der Waals surface area contributed by atoms with Crippen molar-refractivity contribution in [3.8, 4) is 0 Å². The Kier molecular flexibility index (Phi) is 45.1. The van der Waals surface area contributed by atoms with Gasteiger partial charge in [-0.2, -0.15) is 0 Å². The Labute approximate surface area is 361 Å². The number of rotatable bonds is 46. The summed E-state index contributed by atoms with van der Waals surface area (Å²) in [6.07, 6.45) is 52.4. The van der Waals surface area contributed by atoms with Crippen molar-refractivity contribution >= 4 is 11.9 Å². The van der Waals surface area contributed by atoms with Gasteiger partial charge >= 0.3 is 5.97 Å². The van der Waals surface area contributed by atoms with E-state index in [9.17, 15) is 19.8 Å². The summed E-state index contributed by atoms with van der Waals surface area (Å²) >= 11 is 0. The Hall–Kier alpha value is -1.66. The van der Waals surface area contributed by atoms with Gasteiger partial charge in [-0.3, -0.25) is 9.59 Å². The molecule has 0 aliphatic carbocycles. The number of aliphatic hydroxyl groups excluding tert-OH is 2. The predicted molar refractivity (Wildman–Crippen MR) is 250 cm³/mol. The van der Waals surface area contributed by atoms with E-state index in [4.69, 9.17) is 4.74 Å². The number of amides is 1. The molecule has 3 N–H and O–H groups in total. The predicted octanol–water partition coefficient (Wildman–Crippen LogP) is 15.1. The maximum absolute atomic E-state index is 13.1. The second kappa shape index (κ2) is 46.4. The van der Waals surface area contributed by atoms with E-state index in [0.29, 0.717) is 19.3 Å². The number of ether oxygens (including phenoxy) is 1. The molecular formula is C52H99NO5. The summed E-state index contributed by atoms with van der Waals surface area (Å²) < 4.78 is 5.91. The number of carbonyl (C=O) groups excluding carboxylic acids is 2.